The van der Waals surface area contributed by atoms with Gasteiger partial charge in [0, 0.05) is 44.0 Å². The summed E-state index contributed by atoms with van der Waals surface area (Å²) in [5, 5.41) is 11.2. The number of likely N-dealkylation sites (tertiary alicyclic amines) is 1. The highest BCUT2D eigenvalue weighted by Crippen LogP contribution is 2.52. The van der Waals surface area contributed by atoms with E-state index < -0.39 is 4.92 Å². The number of ether oxygens (including phenoxy) is 2. The quantitative estimate of drug-likeness (QED) is 0.505. The fraction of sp³-hybridized carbons (Fsp3) is 0.696. The maximum absolute atomic E-state index is 12.4. The van der Waals surface area contributed by atoms with E-state index in [4.69, 9.17) is 9.47 Å². The molecule has 1 amide bonds. The highest BCUT2D eigenvalue weighted by atomic mass is 16.6. The predicted octanol–water partition coefficient (Wildman–Crippen LogP) is 4.71. The van der Waals surface area contributed by atoms with Crippen molar-refractivity contribution in [3.05, 3.63) is 28.3 Å². The van der Waals surface area contributed by atoms with Crippen molar-refractivity contribution in [3.63, 3.8) is 0 Å². The summed E-state index contributed by atoms with van der Waals surface area (Å²) in [6.45, 7) is 12.3. The Labute approximate surface area is 184 Å². The van der Waals surface area contributed by atoms with Gasteiger partial charge in [-0.15, -0.1) is 0 Å². The molecule has 2 aliphatic heterocycles. The van der Waals surface area contributed by atoms with Crippen LogP contribution in [-0.2, 0) is 4.74 Å². The summed E-state index contributed by atoms with van der Waals surface area (Å²) in [6.07, 6.45) is 2.84. The molecule has 1 spiro atoms. The summed E-state index contributed by atoms with van der Waals surface area (Å²) in [5.41, 5.74) is 1.19. The van der Waals surface area contributed by atoms with Gasteiger partial charge in [-0.25, -0.2) is 4.79 Å². The van der Waals surface area contributed by atoms with E-state index in [1.54, 1.807) is 6.07 Å². The van der Waals surface area contributed by atoms with Crippen LogP contribution in [0.1, 0.15) is 47.0 Å². The topological polar surface area (TPSA) is 85.2 Å². The normalized spacial score (nSPS) is 21.1. The predicted molar refractivity (Wildman–Crippen MR) is 120 cm³/mol. The molecule has 0 saturated carbocycles. The number of nitro groups is 1. The molecule has 8 nitrogen and oxygen atoms in total. The molecule has 2 saturated heterocycles. The number of rotatable bonds is 4. The lowest BCUT2D eigenvalue weighted by Crippen LogP contribution is -2.57. The lowest BCUT2D eigenvalue weighted by Gasteiger charge is -2.56. The third-order valence-electron chi connectivity index (χ3n) is 7.08. The molecule has 0 aromatic heterocycles. The van der Waals surface area contributed by atoms with Crippen molar-refractivity contribution in [2.24, 2.45) is 16.7 Å². The molecule has 2 fully saturated rings. The molecule has 1 aromatic rings. The van der Waals surface area contributed by atoms with E-state index in [1.807, 2.05) is 17.9 Å². The Bertz CT molecular complexity index is 812. The number of benzene rings is 1. The lowest BCUT2D eigenvalue weighted by atomic mass is 9.57. The first-order valence-corrected chi connectivity index (χ1v) is 11.1. The average Bonchev–Trinajstić information content (AvgIpc) is 2.73. The Morgan fingerprint density at radius 1 is 1.23 bits per heavy atom. The van der Waals surface area contributed by atoms with Crippen LogP contribution in [0.5, 0.6) is 5.75 Å². The second kappa shape index (κ2) is 8.93. The van der Waals surface area contributed by atoms with Crippen molar-refractivity contribution in [1.29, 1.82) is 0 Å². The van der Waals surface area contributed by atoms with Crippen molar-refractivity contribution in [2.45, 2.75) is 47.0 Å². The van der Waals surface area contributed by atoms with E-state index in [1.165, 1.54) is 13.2 Å². The average molecular weight is 434 g/mol. The maximum atomic E-state index is 12.4. The van der Waals surface area contributed by atoms with E-state index in [0.29, 0.717) is 12.5 Å². The summed E-state index contributed by atoms with van der Waals surface area (Å²) in [5.74, 6) is 0.671. The Hall–Kier alpha value is -2.51. The minimum Gasteiger partial charge on any atom is -0.490 e. The monoisotopic (exact) mass is 433 g/mol. The smallest absolute Gasteiger partial charge is 0.409 e. The SMILES string of the molecule is CCOC(=O)N1CCC2(CCN(c3ccc([N+](=O)[O-])c(OC)c3)CC2)C(C(C)(C)C)C1. The van der Waals surface area contributed by atoms with Crippen LogP contribution in [0, 0.1) is 26.9 Å². The summed E-state index contributed by atoms with van der Waals surface area (Å²) in [7, 11) is 1.46. The summed E-state index contributed by atoms with van der Waals surface area (Å²) in [6, 6.07) is 5.10. The van der Waals surface area contributed by atoms with Gasteiger partial charge in [-0.05, 0) is 49.0 Å². The van der Waals surface area contributed by atoms with Crippen LogP contribution in [0.15, 0.2) is 18.2 Å². The van der Waals surface area contributed by atoms with Crippen molar-refractivity contribution < 1.29 is 19.2 Å². The van der Waals surface area contributed by atoms with E-state index in [-0.39, 0.29) is 28.4 Å². The lowest BCUT2D eigenvalue weighted by molar-refractivity contribution is -0.385. The minimum absolute atomic E-state index is 0.0149. The van der Waals surface area contributed by atoms with E-state index in [9.17, 15) is 14.9 Å². The van der Waals surface area contributed by atoms with Gasteiger partial charge in [0.2, 0.25) is 0 Å². The first kappa shape index (κ1) is 23.2. The Balaban J connectivity index is 1.76. The van der Waals surface area contributed by atoms with Crippen LogP contribution >= 0.6 is 0 Å². The van der Waals surface area contributed by atoms with Crippen LogP contribution in [0.3, 0.4) is 0 Å². The zero-order valence-electron chi connectivity index (χ0n) is 19.3. The highest BCUT2D eigenvalue weighted by Gasteiger charge is 2.50. The van der Waals surface area contributed by atoms with Gasteiger partial charge < -0.3 is 19.3 Å². The minimum atomic E-state index is -0.418. The molecule has 31 heavy (non-hydrogen) atoms. The third kappa shape index (κ3) is 4.72. The van der Waals surface area contributed by atoms with Crippen molar-refractivity contribution in [1.82, 2.24) is 4.90 Å². The molecule has 1 aromatic carbocycles. The molecule has 0 aliphatic carbocycles. The van der Waals surface area contributed by atoms with Gasteiger partial charge in [-0.3, -0.25) is 10.1 Å². The molecule has 172 valence electrons. The number of carbonyl (C=O) groups excluding carboxylic acids is 1. The fourth-order valence-electron chi connectivity index (χ4n) is 5.43. The second-order valence-electron chi connectivity index (χ2n) is 9.78. The van der Waals surface area contributed by atoms with Crippen molar-refractivity contribution >= 4 is 17.5 Å². The fourth-order valence-corrected chi connectivity index (χ4v) is 5.43. The standard InChI is InChI=1S/C23H35N3O5/c1-6-31-21(27)25-14-11-23(20(16-25)22(2,3)4)9-12-24(13-10-23)17-7-8-18(26(28)29)19(15-17)30-5/h7-8,15,20H,6,9-14,16H2,1-5H3. The van der Waals surface area contributed by atoms with Gasteiger partial charge in [0.25, 0.3) is 0 Å². The second-order valence-corrected chi connectivity index (χ2v) is 9.78. The summed E-state index contributed by atoms with van der Waals surface area (Å²) >= 11 is 0. The Morgan fingerprint density at radius 3 is 2.42 bits per heavy atom. The Morgan fingerprint density at radius 2 is 1.87 bits per heavy atom. The Kier molecular flexibility index (Phi) is 6.67. The number of carbonyl (C=O) groups is 1. The van der Waals surface area contributed by atoms with E-state index in [2.05, 4.69) is 25.7 Å². The molecular formula is C23H35N3O5. The van der Waals surface area contributed by atoms with Gasteiger partial charge in [0.05, 0.1) is 18.6 Å². The van der Waals surface area contributed by atoms with Crippen LogP contribution in [0.25, 0.3) is 0 Å². The molecule has 2 heterocycles. The molecule has 1 unspecified atom stereocenters. The third-order valence-corrected chi connectivity index (χ3v) is 7.08. The maximum Gasteiger partial charge on any atom is 0.409 e. The van der Waals surface area contributed by atoms with Gasteiger partial charge >= 0.3 is 11.8 Å². The molecule has 2 aliphatic rings. The van der Waals surface area contributed by atoms with E-state index >= 15 is 0 Å². The molecule has 0 N–H and O–H groups in total. The first-order valence-electron chi connectivity index (χ1n) is 11.1. The molecule has 3 rings (SSSR count). The van der Waals surface area contributed by atoms with Gasteiger partial charge in [0.15, 0.2) is 5.75 Å². The van der Waals surface area contributed by atoms with Crippen molar-refractivity contribution in [3.8, 4) is 5.75 Å². The number of amides is 1. The van der Waals surface area contributed by atoms with Crippen LogP contribution in [-0.4, -0.2) is 55.8 Å². The zero-order chi connectivity index (χ0) is 22.8. The number of nitro benzene ring substituents is 1. The highest BCUT2D eigenvalue weighted by molar-refractivity contribution is 5.67. The van der Waals surface area contributed by atoms with Gasteiger partial charge in [-0.1, -0.05) is 20.8 Å². The molecular weight excluding hydrogens is 398 g/mol. The first-order chi connectivity index (χ1) is 14.6. The summed E-state index contributed by atoms with van der Waals surface area (Å²) < 4.78 is 10.5. The van der Waals surface area contributed by atoms with Crippen molar-refractivity contribution in [2.75, 3.05) is 44.8 Å². The van der Waals surface area contributed by atoms with E-state index in [0.717, 1.165) is 51.1 Å². The van der Waals surface area contributed by atoms with Gasteiger partial charge in [0.1, 0.15) is 0 Å². The number of hydrogen-bond donors (Lipinski definition) is 0. The molecule has 0 bridgehead atoms. The zero-order valence-corrected chi connectivity index (χ0v) is 19.3. The van der Waals surface area contributed by atoms with Gasteiger partial charge in [-0.2, -0.15) is 0 Å². The largest absolute Gasteiger partial charge is 0.490 e. The molecule has 1 atom stereocenters. The van der Waals surface area contributed by atoms with Crippen LogP contribution in [0.4, 0.5) is 16.2 Å². The number of piperidine rings is 2. The van der Waals surface area contributed by atoms with Crippen LogP contribution < -0.4 is 9.64 Å². The summed E-state index contributed by atoms with van der Waals surface area (Å²) in [4.78, 5) is 27.3. The molecule has 0 radical (unpaired) electrons. The van der Waals surface area contributed by atoms with Crippen LogP contribution in [0.2, 0.25) is 0 Å². The molecule has 8 heteroatoms. The number of hydrogen-bond acceptors (Lipinski definition) is 6. The number of anilines is 1. The number of methoxy groups -OCH3 is 1. The number of nitrogens with zero attached hydrogens (tertiary/aromatic N) is 3.